The molecule has 2 N–H and O–H groups in total. The van der Waals surface area contributed by atoms with Crippen molar-refractivity contribution in [3.63, 3.8) is 0 Å². The Bertz CT molecular complexity index is 465. The van der Waals surface area contributed by atoms with Gasteiger partial charge < -0.3 is 15.3 Å². The molecule has 0 radical (unpaired) electrons. The number of halogens is 1. The molecule has 0 amide bonds. The number of nitrogens with one attached hydrogen (secondary N) is 1. The van der Waals surface area contributed by atoms with Crippen molar-refractivity contribution >= 4 is 5.69 Å². The Hall–Kier alpha value is -1.13. The van der Waals surface area contributed by atoms with Crippen LogP contribution in [-0.4, -0.2) is 31.3 Å². The summed E-state index contributed by atoms with van der Waals surface area (Å²) in [5.74, 6) is 0.713. The number of benzene rings is 1. The Morgan fingerprint density at radius 3 is 2.89 bits per heavy atom. The lowest BCUT2D eigenvalue weighted by Crippen LogP contribution is -2.25. The van der Waals surface area contributed by atoms with Crippen LogP contribution in [0.4, 0.5) is 10.1 Å². The van der Waals surface area contributed by atoms with E-state index in [9.17, 15) is 9.50 Å². The van der Waals surface area contributed by atoms with Crippen LogP contribution < -0.4 is 10.2 Å². The minimum Gasteiger partial charge on any atom is -0.393 e. The van der Waals surface area contributed by atoms with E-state index in [0.29, 0.717) is 24.1 Å². The van der Waals surface area contributed by atoms with Gasteiger partial charge in [0, 0.05) is 25.6 Å². The Labute approximate surface area is 113 Å². The zero-order valence-corrected chi connectivity index (χ0v) is 11.3. The fourth-order valence-corrected chi connectivity index (χ4v) is 3.55. The molecule has 1 aromatic rings. The van der Waals surface area contributed by atoms with Crippen molar-refractivity contribution in [1.82, 2.24) is 5.32 Å². The van der Waals surface area contributed by atoms with Crippen molar-refractivity contribution in [3.8, 4) is 0 Å². The molecule has 1 heterocycles. The largest absolute Gasteiger partial charge is 0.393 e. The highest BCUT2D eigenvalue weighted by atomic mass is 19.1. The molecule has 104 valence electrons. The monoisotopic (exact) mass is 264 g/mol. The molecule has 3 rings (SSSR count). The second kappa shape index (κ2) is 5.10. The summed E-state index contributed by atoms with van der Waals surface area (Å²) in [5.41, 5.74) is 1.64. The van der Waals surface area contributed by atoms with Crippen molar-refractivity contribution in [2.45, 2.75) is 25.5 Å². The Kier molecular flexibility index (Phi) is 3.46. The number of aliphatic hydroxyl groups excluding tert-OH is 1. The van der Waals surface area contributed by atoms with Crippen LogP contribution in [0.3, 0.4) is 0 Å². The van der Waals surface area contributed by atoms with Gasteiger partial charge in [0.25, 0.3) is 0 Å². The van der Waals surface area contributed by atoms with Gasteiger partial charge in [0.2, 0.25) is 0 Å². The maximum Gasteiger partial charge on any atom is 0.146 e. The van der Waals surface area contributed by atoms with Crippen molar-refractivity contribution in [2.75, 3.05) is 25.0 Å². The van der Waals surface area contributed by atoms with Crippen LogP contribution >= 0.6 is 0 Å². The summed E-state index contributed by atoms with van der Waals surface area (Å²) in [6, 6.07) is 5.45. The van der Waals surface area contributed by atoms with Crippen LogP contribution in [0.1, 0.15) is 18.4 Å². The van der Waals surface area contributed by atoms with E-state index in [1.165, 1.54) is 0 Å². The van der Waals surface area contributed by atoms with E-state index in [1.54, 1.807) is 6.07 Å². The lowest BCUT2D eigenvalue weighted by Gasteiger charge is -2.21. The zero-order valence-electron chi connectivity index (χ0n) is 11.3. The van der Waals surface area contributed by atoms with Gasteiger partial charge >= 0.3 is 0 Å². The zero-order chi connectivity index (χ0) is 13.4. The van der Waals surface area contributed by atoms with E-state index in [1.807, 2.05) is 19.2 Å². The van der Waals surface area contributed by atoms with Gasteiger partial charge in [0.05, 0.1) is 11.8 Å². The molecule has 19 heavy (non-hydrogen) atoms. The van der Waals surface area contributed by atoms with E-state index in [0.717, 1.165) is 31.5 Å². The smallest absolute Gasteiger partial charge is 0.146 e. The van der Waals surface area contributed by atoms with Crippen LogP contribution in [0.15, 0.2) is 18.2 Å². The average Bonchev–Trinajstić information content (AvgIpc) is 2.93. The lowest BCUT2D eigenvalue weighted by atomic mass is 10.00. The van der Waals surface area contributed by atoms with E-state index in [4.69, 9.17) is 0 Å². The SMILES string of the molecule is CNCc1ccc(N2CC3CCC(O)C3C2)c(F)c1. The standard InChI is InChI=1S/C15H21FN2O/c1-17-7-10-2-4-14(13(16)6-10)18-8-11-3-5-15(19)12(11)9-18/h2,4,6,11-12,15,17,19H,3,5,7-9H2,1H3. The maximum atomic E-state index is 14.2. The molecule has 3 unspecified atom stereocenters. The topological polar surface area (TPSA) is 35.5 Å². The Morgan fingerprint density at radius 2 is 2.21 bits per heavy atom. The van der Waals surface area contributed by atoms with Gasteiger partial charge in [-0.15, -0.1) is 0 Å². The molecule has 1 aliphatic carbocycles. The number of anilines is 1. The van der Waals surface area contributed by atoms with Crippen molar-refractivity contribution in [2.24, 2.45) is 11.8 Å². The second-order valence-electron chi connectivity index (χ2n) is 5.79. The van der Waals surface area contributed by atoms with E-state index >= 15 is 0 Å². The predicted octanol–water partition coefficient (Wildman–Crippen LogP) is 1.75. The fraction of sp³-hybridized carbons (Fsp3) is 0.600. The molecule has 0 spiro atoms. The lowest BCUT2D eigenvalue weighted by molar-refractivity contribution is 0.133. The van der Waals surface area contributed by atoms with Crippen LogP contribution in [0.5, 0.6) is 0 Å². The molecule has 1 saturated carbocycles. The third-order valence-corrected chi connectivity index (χ3v) is 4.55. The summed E-state index contributed by atoms with van der Waals surface area (Å²) in [5, 5.41) is 12.9. The summed E-state index contributed by atoms with van der Waals surface area (Å²) in [6.07, 6.45) is 1.79. The first-order chi connectivity index (χ1) is 9.19. The third kappa shape index (κ3) is 2.35. The summed E-state index contributed by atoms with van der Waals surface area (Å²) in [4.78, 5) is 2.09. The number of hydrogen-bond acceptors (Lipinski definition) is 3. The van der Waals surface area contributed by atoms with Gasteiger partial charge in [-0.1, -0.05) is 6.07 Å². The van der Waals surface area contributed by atoms with E-state index in [-0.39, 0.29) is 11.9 Å². The molecule has 4 heteroatoms. The minimum atomic E-state index is -0.193. The molecule has 3 atom stereocenters. The first kappa shape index (κ1) is 12.9. The van der Waals surface area contributed by atoms with Crippen LogP contribution in [0.2, 0.25) is 0 Å². The summed E-state index contributed by atoms with van der Waals surface area (Å²) < 4.78 is 14.2. The number of aliphatic hydroxyl groups is 1. The summed E-state index contributed by atoms with van der Waals surface area (Å²) in [6.45, 7) is 2.35. The number of hydrogen-bond donors (Lipinski definition) is 2. The van der Waals surface area contributed by atoms with Crippen molar-refractivity contribution in [1.29, 1.82) is 0 Å². The number of nitrogens with zero attached hydrogens (tertiary/aromatic N) is 1. The van der Waals surface area contributed by atoms with Gasteiger partial charge in [0.15, 0.2) is 0 Å². The van der Waals surface area contributed by atoms with Crippen LogP contribution in [0, 0.1) is 17.7 Å². The molecular formula is C15H21FN2O. The van der Waals surface area contributed by atoms with Gasteiger partial charge in [-0.25, -0.2) is 4.39 Å². The summed E-state index contributed by atoms with van der Waals surface area (Å²) >= 11 is 0. The Balaban J connectivity index is 1.77. The number of rotatable bonds is 3. The molecule has 3 nitrogen and oxygen atoms in total. The van der Waals surface area contributed by atoms with Gasteiger partial charge in [-0.3, -0.25) is 0 Å². The molecule has 0 aromatic heterocycles. The molecule has 0 bridgehead atoms. The van der Waals surface area contributed by atoms with E-state index < -0.39 is 0 Å². The highest BCUT2D eigenvalue weighted by Gasteiger charge is 2.42. The average molecular weight is 264 g/mol. The molecule has 1 aromatic carbocycles. The quantitative estimate of drug-likeness (QED) is 0.873. The molecule has 2 fully saturated rings. The maximum absolute atomic E-state index is 14.2. The van der Waals surface area contributed by atoms with Crippen molar-refractivity contribution in [3.05, 3.63) is 29.6 Å². The first-order valence-electron chi connectivity index (χ1n) is 7.05. The van der Waals surface area contributed by atoms with Gasteiger partial charge in [-0.2, -0.15) is 0 Å². The molecule has 1 saturated heterocycles. The van der Waals surface area contributed by atoms with Crippen LogP contribution in [0.25, 0.3) is 0 Å². The van der Waals surface area contributed by atoms with Gasteiger partial charge in [0.1, 0.15) is 5.82 Å². The number of fused-ring (bicyclic) bond motifs is 1. The predicted molar refractivity (Wildman–Crippen MR) is 73.6 cm³/mol. The first-order valence-corrected chi connectivity index (χ1v) is 7.05. The molecular weight excluding hydrogens is 243 g/mol. The molecule has 2 aliphatic rings. The molecule has 1 aliphatic heterocycles. The van der Waals surface area contributed by atoms with E-state index in [2.05, 4.69) is 10.2 Å². The van der Waals surface area contributed by atoms with Crippen molar-refractivity contribution < 1.29 is 9.50 Å². The van der Waals surface area contributed by atoms with Gasteiger partial charge in [-0.05, 0) is 43.5 Å². The highest BCUT2D eigenvalue weighted by molar-refractivity contribution is 5.50. The summed E-state index contributed by atoms with van der Waals surface area (Å²) in [7, 11) is 1.86. The second-order valence-corrected chi connectivity index (χ2v) is 5.79. The fourth-order valence-electron chi connectivity index (χ4n) is 3.55. The third-order valence-electron chi connectivity index (χ3n) is 4.55. The Morgan fingerprint density at radius 1 is 1.37 bits per heavy atom. The normalized spacial score (nSPS) is 29.8. The van der Waals surface area contributed by atoms with Crippen LogP contribution in [-0.2, 0) is 6.54 Å². The minimum absolute atomic E-state index is 0.151. The highest BCUT2D eigenvalue weighted by Crippen LogP contribution is 2.40.